The van der Waals surface area contributed by atoms with Crippen LogP contribution in [0.3, 0.4) is 0 Å². The fourth-order valence-electron chi connectivity index (χ4n) is 2.20. The average Bonchev–Trinajstić information content (AvgIpc) is 2.57. The minimum absolute atomic E-state index is 0.0955. The Morgan fingerprint density at radius 1 is 1.19 bits per heavy atom. The van der Waals surface area contributed by atoms with Crippen LogP contribution >= 0.6 is 11.6 Å². The Labute approximate surface area is 162 Å². The van der Waals surface area contributed by atoms with Gasteiger partial charge in [-0.1, -0.05) is 12.1 Å². The second-order valence-corrected chi connectivity index (χ2v) is 6.95. The predicted octanol–water partition coefficient (Wildman–Crippen LogP) is 2.93. The Bertz CT molecular complexity index is 691. The average molecular weight is 404 g/mol. The smallest absolute Gasteiger partial charge is 0.411 e. The van der Waals surface area contributed by atoms with Gasteiger partial charge in [0.15, 0.2) is 0 Å². The third-order valence-corrected chi connectivity index (χ3v) is 3.49. The van der Waals surface area contributed by atoms with Crippen LogP contribution in [-0.2, 0) is 30.2 Å². The van der Waals surface area contributed by atoms with E-state index < -0.39 is 41.1 Å². The van der Waals surface area contributed by atoms with E-state index in [1.54, 1.807) is 26.8 Å². The number of amides is 1. The number of hydrogen-bond acceptors (Lipinski definition) is 6. The molecule has 0 saturated carbocycles. The van der Waals surface area contributed by atoms with Crippen LogP contribution in [0.4, 0.5) is 9.18 Å². The van der Waals surface area contributed by atoms with Gasteiger partial charge in [0.2, 0.25) is 0 Å². The van der Waals surface area contributed by atoms with E-state index in [1.807, 2.05) is 0 Å². The third kappa shape index (κ3) is 7.42. The van der Waals surface area contributed by atoms with E-state index >= 15 is 0 Å². The van der Waals surface area contributed by atoms with Gasteiger partial charge in [-0.3, -0.25) is 10.1 Å². The Kier molecular flexibility index (Phi) is 8.02. The molecule has 1 aromatic rings. The van der Waals surface area contributed by atoms with E-state index in [1.165, 1.54) is 18.2 Å². The molecule has 1 rings (SSSR count). The molecule has 0 aliphatic heterocycles. The van der Waals surface area contributed by atoms with Crippen molar-refractivity contribution in [2.45, 2.75) is 44.9 Å². The van der Waals surface area contributed by atoms with Crippen molar-refractivity contribution in [3.8, 4) is 0 Å². The molecule has 0 heterocycles. The van der Waals surface area contributed by atoms with Crippen LogP contribution < -0.4 is 5.32 Å². The molecule has 0 fully saturated rings. The summed E-state index contributed by atoms with van der Waals surface area (Å²) in [6, 6.07) is 5.65. The maximum Gasteiger partial charge on any atom is 0.411 e. The molecule has 150 valence electrons. The number of ether oxygens (including phenoxy) is 3. The molecule has 1 unspecified atom stereocenters. The highest BCUT2D eigenvalue weighted by atomic mass is 35.5. The zero-order valence-electron chi connectivity index (χ0n) is 15.6. The summed E-state index contributed by atoms with van der Waals surface area (Å²) in [5.41, 5.74) is -2.50. The van der Waals surface area contributed by atoms with Crippen molar-refractivity contribution in [1.29, 1.82) is 0 Å². The number of aryl methyl sites for hydroxylation is 1. The predicted molar refractivity (Wildman–Crippen MR) is 95.6 cm³/mol. The number of nitrogens with one attached hydrogen (secondary N) is 1. The lowest BCUT2D eigenvalue weighted by atomic mass is 10.0. The molecule has 0 bridgehead atoms. The maximum absolute atomic E-state index is 13.4. The van der Waals surface area contributed by atoms with E-state index in [0.29, 0.717) is 5.56 Å². The Hall–Kier alpha value is -2.35. The lowest BCUT2D eigenvalue weighted by molar-refractivity contribution is -0.184. The SMILES string of the molecule is COC(=O)C(CCc1cccc(F)c1)(NC(=O)OC(C)(C)C)OC(=O)CCl. The molecule has 0 spiro atoms. The quantitative estimate of drug-likeness (QED) is 0.326. The highest BCUT2D eigenvalue weighted by Crippen LogP contribution is 2.21. The number of benzene rings is 1. The van der Waals surface area contributed by atoms with Crippen molar-refractivity contribution in [2.75, 3.05) is 13.0 Å². The van der Waals surface area contributed by atoms with Crippen LogP contribution in [0, 0.1) is 5.82 Å². The maximum atomic E-state index is 13.4. The second kappa shape index (κ2) is 9.55. The molecule has 0 aromatic heterocycles. The largest absolute Gasteiger partial charge is 0.465 e. The summed E-state index contributed by atoms with van der Waals surface area (Å²) in [4.78, 5) is 36.4. The Morgan fingerprint density at radius 2 is 1.85 bits per heavy atom. The van der Waals surface area contributed by atoms with Crippen LogP contribution in [0.5, 0.6) is 0 Å². The summed E-state index contributed by atoms with van der Waals surface area (Å²) in [5, 5.41) is 2.26. The number of halogens is 2. The zero-order valence-corrected chi connectivity index (χ0v) is 16.4. The van der Waals surface area contributed by atoms with Crippen molar-refractivity contribution < 1.29 is 33.0 Å². The van der Waals surface area contributed by atoms with Gasteiger partial charge < -0.3 is 14.2 Å². The molecule has 27 heavy (non-hydrogen) atoms. The lowest BCUT2D eigenvalue weighted by Crippen LogP contribution is -2.59. The highest BCUT2D eigenvalue weighted by molar-refractivity contribution is 6.26. The van der Waals surface area contributed by atoms with E-state index in [0.717, 1.165) is 7.11 Å². The second-order valence-electron chi connectivity index (χ2n) is 6.68. The van der Waals surface area contributed by atoms with Gasteiger partial charge in [-0.05, 0) is 44.9 Å². The van der Waals surface area contributed by atoms with Crippen LogP contribution in [0.15, 0.2) is 24.3 Å². The normalized spacial score (nSPS) is 13.3. The first-order valence-corrected chi connectivity index (χ1v) is 8.66. The molecule has 7 nitrogen and oxygen atoms in total. The molecule has 9 heteroatoms. The fraction of sp³-hybridized carbons (Fsp3) is 0.500. The van der Waals surface area contributed by atoms with Gasteiger partial charge in [0.25, 0.3) is 5.72 Å². The number of esters is 2. The number of methoxy groups -OCH3 is 1. The standard InChI is InChI=1S/C18H23ClFNO6/c1-17(2,3)27-16(24)21-18(15(23)25-4,26-14(22)11-19)9-8-12-6-5-7-13(20)10-12/h5-7,10H,8-9,11H2,1-4H3,(H,21,24). The Morgan fingerprint density at radius 3 is 2.37 bits per heavy atom. The topological polar surface area (TPSA) is 90.9 Å². The van der Waals surface area contributed by atoms with Crippen molar-refractivity contribution in [3.05, 3.63) is 35.6 Å². The molecule has 0 aliphatic rings. The number of alkyl carbamates (subject to hydrolysis) is 1. The van der Waals surface area contributed by atoms with Gasteiger partial charge in [0.1, 0.15) is 17.3 Å². The van der Waals surface area contributed by atoms with E-state index in [-0.39, 0.29) is 12.8 Å². The van der Waals surface area contributed by atoms with Gasteiger partial charge >= 0.3 is 18.0 Å². The molecule has 0 saturated heterocycles. The summed E-state index contributed by atoms with van der Waals surface area (Å²) in [6.07, 6.45) is -1.11. The van der Waals surface area contributed by atoms with E-state index in [9.17, 15) is 18.8 Å². The number of hydrogen-bond donors (Lipinski definition) is 1. The van der Waals surface area contributed by atoms with Gasteiger partial charge in [-0.2, -0.15) is 0 Å². The third-order valence-electron chi connectivity index (χ3n) is 3.27. The van der Waals surface area contributed by atoms with Crippen molar-refractivity contribution in [2.24, 2.45) is 0 Å². The number of alkyl halides is 1. The minimum Gasteiger partial charge on any atom is -0.465 e. The minimum atomic E-state index is -2.17. The van der Waals surface area contributed by atoms with Crippen LogP contribution in [0.25, 0.3) is 0 Å². The van der Waals surface area contributed by atoms with Gasteiger partial charge in [-0.15, -0.1) is 11.6 Å². The fourth-order valence-corrected chi connectivity index (χ4v) is 2.26. The van der Waals surface area contributed by atoms with Gasteiger partial charge in [0, 0.05) is 6.42 Å². The van der Waals surface area contributed by atoms with Crippen LogP contribution in [0.2, 0.25) is 0 Å². The van der Waals surface area contributed by atoms with Crippen molar-refractivity contribution in [3.63, 3.8) is 0 Å². The molecule has 0 aliphatic carbocycles. The molecule has 1 amide bonds. The lowest BCUT2D eigenvalue weighted by Gasteiger charge is -2.32. The van der Waals surface area contributed by atoms with Crippen molar-refractivity contribution in [1.82, 2.24) is 5.32 Å². The summed E-state index contributed by atoms with van der Waals surface area (Å²) in [6.45, 7) is 4.89. The molecule has 1 aromatic carbocycles. The molecule has 1 atom stereocenters. The zero-order chi connectivity index (χ0) is 20.7. The van der Waals surface area contributed by atoms with Gasteiger partial charge in [-0.25, -0.2) is 14.0 Å². The van der Waals surface area contributed by atoms with Crippen LogP contribution in [0.1, 0.15) is 32.8 Å². The summed E-state index contributed by atoms with van der Waals surface area (Å²) < 4.78 is 28.3. The van der Waals surface area contributed by atoms with E-state index in [2.05, 4.69) is 5.32 Å². The van der Waals surface area contributed by atoms with Crippen LogP contribution in [-0.4, -0.2) is 42.3 Å². The molecular formula is C18H23ClFNO6. The molecule has 1 N–H and O–H groups in total. The first-order valence-electron chi connectivity index (χ1n) is 8.13. The number of carbonyl (C=O) groups excluding carboxylic acids is 3. The summed E-state index contributed by atoms with van der Waals surface area (Å²) >= 11 is 5.47. The summed E-state index contributed by atoms with van der Waals surface area (Å²) in [5.74, 6) is -2.98. The van der Waals surface area contributed by atoms with E-state index in [4.69, 9.17) is 25.8 Å². The highest BCUT2D eigenvalue weighted by Gasteiger charge is 2.46. The summed E-state index contributed by atoms with van der Waals surface area (Å²) in [7, 11) is 1.07. The Balaban J connectivity index is 3.14. The monoisotopic (exact) mass is 403 g/mol. The van der Waals surface area contributed by atoms with Gasteiger partial charge in [0.05, 0.1) is 7.11 Å². The van der Waals surface area contributed by atoms with Crippen molar-refractivity contribution >= 4 is 29.6 Å². The first-order chi connectivity index (χ1) is 12.5. The number of carbonyl (C=O) groups is 3. The first kappa shape index (κ1) is 22.7. The molecule has 0 radical (unpaired) electrons. The number of rotatable bonds is 7. The molecular weight excluding hydrogens is 381 g/mol.